The van der Waals surface area contributed by atoms with Gasteiger partial charge in [0, 0.05) is 12.5 Å². The van der Waals surface area contributed by atoms with Gasteiger partial charge in [0.1, 0.15) is 5.75 Å². The molecule has 2 N–H and O–H groups in total. The molecule has 2 aliphatic rings. The molecule has 148 valence electrons. The Morgan fingerprint density at radius 3 is 2.37 bits per heavy atom. The van der Waals surface area contributed by atoms with Gasteiger partial charge in [-0.1, -0.05) is 12.1 Å². The first-order valence-corrected chi connectivity index (χ1v) is 10.0. The lowest BCUT2D eigenvalue weighted by Crippen LogP contribution is -2.45. The van der Waals surface area contributed by atoms with Gasteiger partial charge in [-0.05, 0) is 69.3 Å². The Bertz CT molecular complexity index is 635. The Labute approximate surface area is 161 Å². The third kappa shape index (κ3) is 5.45. The Morgan fingerprint density at radius 2 is 1.81 bits per heavy atom. The monoisotopic (exact) mass is 373 g/mol. The number of likely N-dealkylation sites (tertiary alicyclic amines) is 1. The molecule has 1 saturated carbocycles. The summed E-state index contributed by atoms with van der Waals surface area (Å²) < 4.78 is 5.22. The second-order valence-corrected chi connectivity index (χ2v) is 7.60. The Balaban J connectivity index is 1.49. The summed E-state index contributed by atoms with van der Waals surface area (Å²) in [5.74, 6) is 1.66. The predicted molar refractivity (Wildman–Crippen MR) is 104 cm³/mol. The highest BCUT2D eigenvalue weighted by atomic mass is 16.5. The summed E-state index contributed by atoms with van der Waals surface area (Å²) in [6.45, 7) is 4.62. The molecule has 0 aromatic heterocycles. The molecule has 0 bridgehead atoms. The van der Waals surface area contributed by atoms with Gasteiger partial charge in [0.15, 0.2) is 0 Å². The number of nitrogens with one attached hydrogen (secondary N) is 2. The normalized spacial score (nSPS) is 19.3. The van der Waals surface area contributed by atoms with Crippen LogP contribution in [0.2, 0.25) is 0 Å². The first-order chi connectivity index (χ1) is 13.1. The molecule has 1 aromatic rings. The van der Waals surface area contributed by atoms with E-state index in [9.17, 15) is 9.59 Å². The number of nitrogens with zero attached hydrogens (tertiary/aromatic N) is 1. The van der Waals surface area contributed by atoms with Gasteiger partial charge in [-0.2, -0.15) is 0 Å². The molecule has 1 heterocycles. The number of methoxy groups -OCH3 is 1. The van der Waals surface area contributed by atoms with Crippen molar-refractivity contribution in [3.05, 3.63) is 29.8 Å². The van der Waals surface area contributed by atoms with Crippen molar-refractivity contribution in [3.8, 4) is 5.75 Å². The van der Waals surface area contributed by atoms with Gasteiger partial charge in [0.25, 0.3) is 0 Å². The van der Waals surface area contributed by atoms with Crippen molar-refractivity contribution >= 4 is 11.8 Å². The summed E-state index contributed by atoms with van der Waals surface area (Å²) in [6, 6.07) is 8.06. The number of piperidine rings is 1. The number of amides is 2. The van der Waals surface area contributed by atoms with Crippen LogP contribution in [0, 0.1) is 11.8 Å². The standard InChI is InChI=1S/C21H31N3O3/c1-3-22-21(26)17-10-12-24(13-11-17)14-19(25)23-20(15-4-5-15)16-6-8-18(27-2)9-7-16/h6-9,15,17,20H,3-5,10-14H2,1-2H3,(H,22,26)(H,23,25). The van der Waals surface area contributed by atoms with Gasteiger partial charge in [0.2, 0.25) is 11.8 Å². The second kappa shape index (κ2) is 9.22. The topological polar surface area (TPSA) is 70.7 Å². The average Bonchev–Trinajstić information content (AvgIpc) is 3.52. The van der Waals surface area contributed by atoms with E-state index in [2.05, 4.69) is 15.5 Å². The van der Waals surface area contributed by atoms with E-state index in [4.69, 9.17) is 4.74 Å². The minimum atomic E-state index is 0.0687. The minimum absolute atomic E-state index is 0.0687. The zero-order valence-corrected chi connectivity index (χ0v) is 16.4. The smallest absolute Gasteiger partial charge is 0.234 e. The molecule has 1 aliphatic heterocycles. The highest BCUT2D eigenvalue weighted by Crippen LogP contribution is 2.41. The lowest BCUT2D eigenvalue weighted by Gasteiger charge is -2.31. The maximum absolute atomic E-state index is 12.6. The van der Waals surface area contributed by atoms with Crippen molar-refractivity contribution < 1.29 is 14.3 Å². The molecule has 1 aromatic carbocycles. The molecule has 0 spiro atoms. The molecule has 2 amide bonds. The summed E-state index contributed by atoms with van der Waals surface area (Å²) in [5.41, 5.74) is 1.14. The predicted octanol–water partition coefficient (Wildman–Crippen LogP) is 2.11. The number of carbonyl (C=O) groups is 2. The fraction of sp³-hybridized carbons (Fsp3) is 0.619. The molecule has 1 atom stereocenters. The van der Waals surface area contributed by atoms with Crippen LogP contribution in [-0.4, -0.2) is 50.0 Å². The number of hydrogen-bond donors (Lipinski definition) is 2. The maximum Gasteiger partial charge on any atom is 0.234 e. The highest BCUT2D eigenvalue weighted by Gasteiger charge is 2.34. The lowest BCUT2D eigenvalue weighted by atomic mass is 9.96. The Kier molecular flexibility index (Phi) is 6.72. The number of hydrogen-bond acceptors (Lipinski definition) is 4. The molecule has 6 heteroatoms. The molecule has 2 fully saturated rings. The van der Waals surface area contributed by atoms with Crippen LogP contribution in [0.5, 0.6) is 5.75 Å². The van der Waals surface area contributed by atoms with Crippen LogP contribution < -0.4 is 15.4 Å². The maximum atomic E-state index is 12.6. The van der Waals surface area contributed by atoms with E-state index in [0.29, 0.717) is 19.0 Å². The molecular weight excluding hydrogens is 342 g/mol. The molecule has 1 aliphatic carbocycles. The molecule has 1 unspecified atom stereocenters. The second-order valence-electron chi connectivity index (χ2n) is 7.60. The van der Waals surface area contributed by atoms with E-state index in [-0.39, 0.29) is 23.8 Å². The molecular formula is C21H31N3O3. The number of benzene rings is 1. The van der Waals surface area contributed by atoms with Gasteiger partial charge in [-0.25, -0.2) is 0 Å². The Morgan fingerprint density at radius 1 is 1.15 bits per heavy atom. The minimum Gasteiger partial charge on any atom is -0.497 e. The largest absolute Gasteiger partial charge is 0.497 e. The van der Waals surface area contributed by atoms with Gasteiger partial charge in [-0.3, -0.25) is 14.5 Å². The first-order valence-electron chi connectivity index (χ1n) is 10.0. The van der Waals surface area contributed by atoms with Crippen LogP contribution in [-0.2, 0) is 9.59 Å². The summed E-state index contributed by atoms with van der Waals surface area (Å²) in [7, 11) is 1.66. The molecule has 6 nitrogen and oxygen atoms in total. The van der Waals surface area contributed by atoms with Crippen LogP contribution >= 0.6 is 0 Å². The van der Waals surface area contributed by atoms with Crippen LogP contribution in [0.1, 0.15) is 44.2 Å². The van der Waals surface area contributed by atoms with Crippen molar-refractivity contribution in [2.24, 2.45) is 11.8 Å². The number of carbonyl (C=O) groups excluding carboxylic acids is 2. The van der Waals surface area contributed by atoms with E-state index in [1.165, 1.54) is 0 Å². The average molecular weight is 373 g/mol. The van der Waals surface area contributed by atoms with Gasteiger partial charge in [0.05, 0.1) is 19.7 Å². The van der Waals surface area contributed by atoms with E-state index < -0.39 is 0 Å². The SMILES string of the molecule is CCNC(=O)C1CCN(CC(=O)NC(c2ccc(OC)cc2)C2CC2)CC1. The third-order valence-electron chi connectivity index (χ3n) is 5.56. The first kappa shape index (κ1) is 19.7. The van der Waals surface area contributed by atoms with Crippen LogP contribution in [0.25, 0.3) is 0 Å². The zero-order chi connectivity index (χ0) is 19.2. The van der Waals surface area contributed by atoms with Crippen molar-refractivity contribution in [2.75, 3.05) is 33.3 Å². The van der Waals surface area contributed by atoms with E-state index in [1.54, 1.807) is 7.11 Å². The third-order valence-corrected chi connectivity index (χ3v) is 5.56. The zero-order valence-electron chi connectivity index (χ0n) is 16.4. The van der Waals surface area contributed by atoms with Gasteiger partial charge in [-0.15, -0.1) is 0 Å². The van der Waals surface area contributed by atoms with Crippen molar-refractivity contribution in [1.29, 1.82) is 0 Å². The van der Waals surface area contributed by atoms with Crippen molar-refractivity contribution in [1.82, 2.24) is 15.5 Å². The van der Waals surface area contributed by atoms with E-state index in [0.717, 1.165) is 50.1 Å². The number of ether oxygens (including phenoxy) is 1. The van der Waals surface area contributed by atoms with Crippen molar-refractivity contribution in [2.45, 2.75) is 38.6 Å². The van der Waals surface area contributed by atoms with Gasteiger partial charge < -0.3 is 15.4 Å². The summed E-state index contributed by atoms with van der Waals surface area (Å²) >= 11 is 0. The van der Waals surface area contributed by atoms with E-state index >= 15 is 0 Å². The number of rotatable bonds is 8. The fourth-order valence-corrected chi connectivity index (χ4v) is 3.81. The summed E-state index contributed by atoms with van der Waals surface area (Å²) in [4.78, 5) is 26.7. The van der Waals surface area contributed by atoms with Crippen LogP contribution in [0.4, 0.5) is 0 Å². The fourth-order valence-electron chi connectivity index (χ4n) is 3.81. The summed E-state index contributed by atoms with van der Waals surface area (Å²) in [6.07, 6.45) is 3.97. The van der Waals surface area contributed by atoms with Crippen LogP contribution in [0.3, 0.4) is 0 Å². The molecule has 3 rings (SSSR count). The van der Waals surface area contributed by atoms with E-state index in [1.807, 2.05) is 31.2 Å². The summed E-state index contributed by atoms with van der Waals surface area (Å²) in [5, 5.41) is 6.13. The molecule has 1 saturated heterocycles. The quantitative estimate of drug-likeness (QED) is 0.732. The molecule has 27 heavy (non-hydrogen) atoms. The van der Waals surface area contributed by atoms with Gasteiger partial charge >= 0.3 is 0 Å². The van der Waals surface area contributed by atoms with Crippen molar-refractivity contribution in [3.63, 3.8) is 0 Å². The lowest BCUT2D eigenvalue weighted by molar-refractivity contribution is -0.126. The Hall–Kier alpha value is -2.08. The van der Waals surface area contributed by atoms with Crippen LogP contribution in [0.15, 0.2) is 24.3 Å². The highest BCUT2D eigenvalue weighted by molar-refractivity contribution is 5.79. The molecule has 0 radical (unpaired) electrons.